The molecule has 1 nitrogen and oxygen atoms in total. The minimum Gasteiger partial charge on any atom is -0.309 e. The van der Waals surface area contributed by atoms with E-state index in [1.165, 1.54) is 89.0 Å². The van der Waals surface area contributed by atoms with Crippen molar-refractivity contribution in [3.05, 3.63) is 259 Å². The fraction of sp³-hybridized carbons (Fsp3) is 0.0909. The van der Waals surface area contributed by atoms with Crippen LogP contribution in [0.25, 0.3) is 77.9 Å². The summed E-state index contributed by atoms with van der Waals surface area (Å²) in [5.74, 6) is 0. The second-order valence-corrected chi connectivity index (χ2v) is 19.2. The summed E-state index contributed by atoms with van der Waals surface area (Å²) in [6.07, 6.45) is 0. The molecule has 67 heavy (non-hydrogen) atoms. The van der Waals surface area contributed by atoms with E-state index in [2.05, 4.69) is 269 Å². The van der Waals surface area contributed by atoms with Crippen molar-refractivity contribution in [2.45, 2.75) is 38.5 Å². The zero-order valence-electron chi connectivity index (χ0n) is 38.5. The molecule has 0 fully saturated rings. The molecule has 1 heteroatoms. The third-order valence-corrected chi connectivity index (χ3v) is 14.7. The van der Waals surface area contributed by atoms with Gasteiger partial charge in [-0.15, -0.1) is 0 Å². The Kier molecular flexibility index (Phi) is 9.59. The van der Waals surface area contributed by atoms with Gasteiger partial charge in [0.15, 0.2) is 0 Å². The van der Waals surface area contributed by atoms with Crippen LogP contribution in [0.3, 0.4) is 0 Å². The van der Waals surface area contributed by atoms with Crippen molar-refractivity contribution in [2.75, 3.05) is 4.90 Å². The van der Waals surface area contributed by atoms with Crippen LogP contribution in [-0.4, -0.2) is 0 Å². The highest BCUT2D eigenvalue weighted by atomic mass is 15.1. The summed E-state index contributed by atoms with van der Waals surface area (Å²) in [4.78, 5) is 2.49. The van der Waals surface area contributed by atoms with Crippen molar-refractivity contribution in [1.29, 1.82) is 0 Å². The molecule has 0 atom stereocenters. The molecule has 0 spiro atoms. The van der Waals surface area contributed by atoms with Crippen LogP contribution in [0.1, 0.15) is 49.9 Å². The highest BCUT2D eigenvalue weighted by molar-refractivity contribution is 5.97. The number of benzene rings is 10. The topological polar surface area (TPSA) is 3.24 Å². The van der Waals surface area contributed by atoms with E-state index in [1.807, 2.05) is 0 Å². The number of hydrogen-bond acceptors (Lipinski definition) is 1. The van der Waals surface area contributed by atoms with E-state index in [0.29, 0.717) is 0 Å². The van der Waals surface area contributed by atoms with Gasteiger partial charge in [-0.25, -0.2) is 0 Å². The van der Waals surface area contributed by atoms with Gasteiger partial charge < -0.3 is 4.90 Å². The molecule has 320 valence electrons. The average Bonchev–Trinajstić information content (AvgIpc) is 3.76. The summed E-state index contributed by atoms with van der Waals surface area (Å²) in [5.41, 5.74) is 26.0. The molecule has 0 heterocycles. The molecule has 0 amide bonds. The number of hydrogen-bond donors (Lipinski definition) is 0. The predicted molar refractivity (Wildman–Crippen MR) is 283 cm³/mol. The molecular formula is C66H51N. The van der Waals surface area contributed by atoms with Crippen molar-refractivity contribution in [3.8, 4) is 77.9 Å². The molecule has 0 N–H and O–H groups in total. The Morgan fingerprint density at radius 2 is 0.672 bits per heavy atom. The van der Waals surface area contributed by atoms with Crippen LogP contribution in [0.5, 0.6) is 0 Å². The second kappa shape index (κ2) is 15.9. The van der Waals surface area contributed by atoms with E-state index < -0.39 is 0 Å². The standard InChI is InChI=1S/C66H51N/c1-65(2)59-30-15-11-26-54(59)56-41-37-48(43-61(56)65)52-25-14-18-33-63(52)67(49-38-34-46(35-39-49)53-28-19-29-57-55-27-12-16-31-60(55)66(3,4)64(53)57)62-32-17-13-24-51(62)47-36-40-50(44-20-7-5-8-21-44)58(42-47)45-22-9-6-10-23-45/h5-43H,1-4H3. The molecule has 0 radical (unpaired) electrons. The number of rotatable bonds is 8. The summed E-state index contributed by atoms with van der Waals surface area (Å²) in [5, 5.41) is 0. The Morgan fingerprint density at radius 3 is 1.30 bits per heavy atom. The van der Waals surface area contributed by atoms with Gasteiger partial charge in [-0.05, 0) is 125 Å². The predicted octanol–water partition coefficient (Wildman–Crippen LogP) is 18.1. The Labute approximate surface area is 395 Å². The van der Waals surface area contributed by atoms with Crippen LogP contribution in [0, 0.1) is 0 Å². The van der Waals surface area contributed by atoms with Crippen LogP contribution in [0.4, 0.5) is 17.1 Å². The zero-order chi connectivity index (χ0) is 45.3. The van der Waals surface area contributed by atoms with Crippen LogP contribution >= 0.6 is 0 Å². The Hall–Kier alpha value is -8.00. The maximum Gasteiger partial charge on any atom is 0.0540 e. The first-order chi connectivity index (χ1) is 32.8. The molecule has 2 aliphatic rings. The van der Waals surface area contributed by atoms with Gasteiger partial charge in [-0.2, -0.15) is 0 Å². The lowest BCUT2D eigenvalue weighted by Gasteiger charge is -2.31. The molecule has 0 aromatic heterocycles. The summed E-state index contributed by atoms with van der Waals surface area (Å²) in [6.45, 7) is 9.48. The smallest absolute Gasteiger partial charge is 0.0540 e. The van der Waals surface area contributed by atoms with Gasteiger partial charge in [0.25, 0.3) is 0 Å². The van der Waals surface area contributed by atoms with Crippen molar-refractivity contribution in [2.24, 2.45) is 0 Å². The molecule has 2 aliphatic carbocycles. The maximum atomic E-state index is 2.49. The lowest BCUT2D eigenvalue weighted by atomic mass is 9.79. The van der Waals surface area contributed by atoms with Crippen molar-refractivity contribution < 1.29 is 0 Å². The highest BCUT2D eigenvalue weighted by Crippen LogP contribution is 2.54. The first kappa shape index (κ1) is 40.5. The third-order valence-electron chi connectivity index (χ3n) is 14.7. The molecule has 0 unspecified atom stereocenters. The molecule has 0 aliphatic heterocycles. The van der Waals surface area contributed by atoms with Gasteiger partial charge in [0, 0.05) is 27.6 Å². The molecule has 12 rings (SSSR count). The van der Waals surface area contributed by atoms with E-state index in [-0.39, 0.29) is 10.8 Å². The first-order valence-corrected chi connectivity index (χ1v) is 23.6. The molecule has 0 bridgehead atoms. The molecule has 0 saturated carbocycles. The van der Waals surface area contributed by atoms with Crippen LogP contribution in [0.15, 0.2) is 237 Å². The minimum absolute atomic E-state index is 0.116. The molecule has 10 aromatic carbocycles. The van der Waals surface area contributed by atoms with E-state index in [1.54, 1.807) is 0 Å². The Morgan fingerprint density at radius 1 is 0.254 bits per heavy atom. The van der Waals surface area contributed by atoms with Gasteiger partial charge in [-0.1, -0.05) is 228 Å². The number of fused-ring (bicyclic) bond motifs is 6. The SMILES string of the molecule is CC1(C)c2ccccc2-c2ccc(-c3ccccc3N(c3ccc(-c4cccc5c4C(C)(C)c4ccccc4-5)cc3)c3ccccc3-c3ccc(-c4ccccc4)c(-c4ccccc4)c3)cc21. The van der Waals surface area contributed by atoms with Gasteiger partial charge >= 0.3 is 0 Å². The Balaban J connectivity index is 1.04. The molecule has 0 saturated heterocycles. The van der Waals surface area contributed by atoms with Gasteiger partial charge in [0.1, 0.15) is 0 Å². The monoisotopic (exact) mass is 857 g/mol. The van der Waals surface area contributed by atoms with Crippen LogP contribution in [-0.2, 0) is 10.8 Å². The van der Waals surface area contributed by atoms with Crippen molar-refractivity contribution >= 4 is 17.1 Å². The molecular weight excluding hydrogens is 807 g/mol. The quantitative estimate of drug-likeness (QED) is 0.147. The fourth-order valence-electron chi connectivity index (χ4n) is 11.4. The van der Waals surface area contributed by atoms with Gasteiger partial charge in [0.2, 0.25) is 0 Å². The second-order valence-electron chi connectivity index (χ2n) is 19.2. The summed E-state index contributed by atoms with van der Waals surface area (Å²) >= 11 is 0. The molecule has 10 aromatic rings. The van der Waals surface area contributed by atoms with Crippen LogP contribution < -0.4 is 4.90 Å². The third kappa shape index (κ3) is 6.60. The largest absolute Gasteiger partial charge is 0.309 e. The van der Waals surface area contributed by atoms with Crippen LogP contribution in [0.2, 0.25) is 0 Å². The summed E-state index contributed by atoms with van der Waals surface area (Å²) in [6, 6.07) is 87.6. The van der Waals surface area contributed by atoms with Gasteiger partial charge in [0.05, 0.1) is 11.4 Å². The van der Waals surface area contributed by atoms with E-state index >= 15 is 0 Å². The average molecular weight is 858 g/mol. The normalized spacial score (nSPS) is 13.6. The van der Waals surface area contributed by atoms with Crippen molar-refractivity contribution in [3.63, 3.8) is 0 Å². The minimum atomic E-state index is -0.119. The summed E-state index contributed by atoms with van der Waals surface area (Å²) < 4.78 is 0. The van der Waals surface area contributed by atoms with Crippen molar-refractivity contribution in [1.82, 2.24) is 0 Å². The number of para-hydroxylation sites is 2. The van der Waals surface area contributed by atoms with Gasteiger partial charge in [-0.3, -0.25) is 0 Å². The lowest BCUT2D eigenvalue weighted by Crippen LogP contribution is -2.16. The number of nitrogens with zero attached hydrogens (tertiary/aromatic N) is 1. The number of anilines is 3. The first-order valence-electron chi connectivity index (χ1n) is 23.6. The highest BCUT2D eigenvalue weighted by Gasteiger charge is 2.38. The van der Waals surface area contributed by atoms with E-state index in [9.17, 15) is 0 Å². The summed E-state index contributed by atoms with van der Waals surface area (Å²) in [7, 11) is 0. The Bertz CT molecular complexity index is 3500. The fourth-order valence-corrected chi connectivity index (χ4v) is 11.4. The zero-order valence-corrected chi connectivity index (χ0v) is 38.5. The maximum absolute atomic E-state index is 2.49. The van der Waals surface area contributed by atoms with E-state index in [0.717, 1.165) is 28.2 Å². The lowest BCUT2D eigenvalue weighted by molar-refractivity contribution is 0.660. The van der Waals surface area contributed by atoms with E-state index in [4.69, 9.17) is 0 Å².